The maximum absolute atomic E-state index is 12.5. The van der Waals surface area contributed by atoms with E-state index in [2.05, 4.69) is 60.0 Å². The summed E-state index contributed by atoms with van der Waals surface area (Å²) in [5.74, 6) is -0.0411. The molecule has 21 heavy (non-hydrogen) atoms. The number of nitrogens with one attached hydrogen (secondary N) is 1. The van der Waals surface area contributed by atoms with Crippen LogP contribution in [-0.2, 0) is 0 Å². The molecule has 0 aliphatic heterocycles. The van der Waals surface area contributed by atoms with E-state index in [-0.39, 0.29) is 11.4 Å². The quantitative estimate of drug-likeness (QED) is 0.584. The van der Waals surface area contributed by atoms with Gasteiger partial charge in [-0.2, -0.15) is 0 Å². The Morgan fingerprint density at radius 3 is 2.33 bits per heavy atom. The molecule has 0 atom stereocenters. The molecule has 1 amide bonds. The van der Waals surface area contributed by atoms with E-state index in [1.165, 1.54) is 0 Å². The zero-order valence-corrected chi connectivity index (χ0v) is 16.4. The third-order valence-electron chi connectivity index (χ3n) is 3.63. The molecule has 5 heteroatoms. The van der Waals surface area contributed by atoms with Crippen LogP contribution in [0.15, 0.2) is 40.9 Å². The number of carbonyl (C=O) groups is 1. The minimum Gasteiger partial charge on any atom is -0.345 e. The van der Waals surface area contributed by atoms with Gasteiger partial charge in [-0.1, -0.05) is 66.8 Å². The van der Waals surface area contributed by atoms with Gasteiger partial charge in [0.1, 0.15) is 0 Å². The molecule has 1 N–H and O–H groups in total. The fourth-order valence-corrected chi connectivity index (χ4v) is 4.43. The van der Waals surface area contributed by atoms with Crippen LogP contribution in [-0.4, -0.2) is 22.1 Å². The molecule has 2 aromatic rings. The summed E-state index contributed by atoms with van der Waals surface area (Å²) in [6, 6.07) is 11.8. The van der Waals surface area contributed by atoms with E-state index in [1.54, 1.807) is 0 Å². The predicted octanol–water partition coefficient (Wildman–Crippen LogP) is 5.27. The fourth-order valence-electron chi connectivity index (χ4n) is 2.05. The van der Waals surface area contributed by atoms with Crippen LogP contribution < -0.4 is 5.32 Å². The summed E-state index contributed by atoms with van der Waals surface area (Å²) < 4.78 is 1.04. The van der Waals surface area contributed by atoms with Gasteiger partial charge in [-0.05, 0) is 41.5 Å². The molecule has 0 saturated carbocycles. The first kappa shape index (κ1) is 17.0. The predicted molar refractivity (Wildman–Crippen MR) is 99.7 cm³/mol. The maximum atomic E-state index is 12.5. The lowest BCUT2D eigenvalue weighted by Gasteiger charge is -2.30. The van der Waals surface area contributed by atoms with Gasteiger partial charge in [0.15, 0.2) is 0 Å². The van der Waals surface area contributed by atoms with Crippen molar-refractivity contribution in [2.45, 2.75) is 18.9 Å². The van der Waals surface area contributed by atoms with Gasteiger partial charge in [0.25, 0.3) is 5.91 Å². The molecule has 0 spiro atoms. The SMILES string of the molecule is CCC(CBr)(CBr)NC(=O)c1ccc2cc(Br)ccc2c1. The molecule has 0 aliphatic carbocycles. The highest BCUT2D eigenvalue weighted by Gasteiger charge is 2.28. The van der Waals surface area contributed by atoms with E-state index < -0.39 is 0 Å². The van der Waals surface area contributed by atoms with Gasteiger partial charge in [-0.25, -0.2) is 0 Å². The van der Waals surface area contributed by atoms with Crippen LogP contribution in [0.4, 0.5) is 0 Å². The van der Waals surface area contributed by atoms with Crippen LogP contribution in [0, 0.1) is 0 Å². The lowest BCUT2D eigenvalue weighted by Crippen LogP contribution is -2.51. The largest absolute Gasteiger partial charge is 0.345 e. The fraction of sp³-hybridized carbons (Fsp3) is 0.312. The van der Waals surface area contributed by atoms with E-state index in [0.717, 1.165) is 21.7 Å². The summed E-state index contributed by atoms with van der Waals surface area (Å²) in [7, 11) is 0. The Morgan fingerprint density at radius 1 is 1.10 bits per heavy atom. The Hall–Kier alpha value is -0.390. The lowest BCUT2D eigenvalue weighted by molar-refractivity contribution is 0.0915. The third-order valence-corrected chi connectivity index (χ3v) is 6.27. The molecule has 2 nitrogen and oxygen atoms in total. The third kappa shape index (κ3) is 3.88. The number of hydrogen-bond acceptors (Lipinski definition) is 1. The number of hydrogen-bond donors (Lipinski definition) is 1. The van der Waals surface area contributed by atoms with Crippen molar-refractivity contribution in [1.82, 2.24) is 5.32 Å². The van der Waals surface area contributed by atoms with Gasteiger partial charge >= 0.3 is 0 Å². The highest BCUT2D eigenvalue weighted by molar-refractivity contribution is 9.10. The summed E-state index contributed by atoms with van der Waals surface area (Å²) in [5, 5.41) is 6.74. The summed E-state index contributed by atoms with van der Waals surface area (Å²) in [6.45, 7) is 2.07. The van der Waals surface area contributed by atoms with Crippen LogP contribution in [0.2, 0.25) is 0 Å². The first-order valence-corrected chi connectivity index (χ1v) is 9.71. The van der Waals surface area contributed by atoms with Gasteiger partial charge in [0.2, 0.25) is 0 Å². The van der Waals surface area contributed by atoms with Crippen molar-refractivity contribution < 1.29 is 4.79 Å². The Kier molecular flexibility index (Phi) is 5.86. The van der Waals surface area contributed by atoms with Crippen molar-refractivity contribution in [3.8, 4) is 0 Å². The van der Waals surface area contributed by atoms with Gasteiger partial charge in [-0.3, -0.25) is 4.79 Å². The van der Waals surface area contributed by atoms with Gasteiger partial charge < -0.3 is 5.32 Å². The number of benzene rings is 2. The van der Waals surface area contributed by atoms with E-state index >= 15 is 0 Å². The molecule has 0 bridgehead atoms. The first-order chi connectivity index (χ1) is 10.0. The molecule has 0 fully saturated rings. The number of fused-ring (bicyclic) bond motifs is 1. The summed E-state index contributed by atoms with van der Waals surface area (Å²) >= 11 is 10.4. The zero-order chi connectivity index (χ0) is 15.5. The molecule has 0 aromatic heterocycles. The molecular formula is C16H16Br3NO. The van der Waals surface area contributed by atoms with Crippen molar-refractivity contribution in [2.24, 2.45) is 0 Å². The highest BCUT2D eigenvalue weighted by Crippen LogP contribution is 2.22. The maximum Gasteiger partial charge on any atom is 0.251 e. The standard InChI is InChI=1S/C16H16Br3NO/c1-2-16(9-17,10-18)20-15(21)13-4-3-12-8-14(19)6-5-11(12)7-13/h3-8H,2,9-10H2,1H3,(H,20,21). The number of rotatable bonds is 5. The van der Waals surface area contributed by atoms with Gasteiger partial charge in [-0.15, -0.1) is 0 Å². The van der Waals surface area contributed by atoms with Gasteiger partial charge in [0.05, 0.1) is 5.54 Å². The molecule has 2 rings (SSSR count). The Bertz CT molecular complexity index is 645. The number of carbonyl (C=O) groups excluding carboxylic acids is 1. The number of amides is 1. The second kappa shape index (κ2) is 7.25. The smallest absolute Gasteiger partial charge is 0.251 e. The average molecular weight is 478 g/mol. The van der Waals surface area contributed by atoms with Crippen LogP contribution in [0.1, 0.15) is 23.7 Å². The first-order valence-electron chi connectivity index (χ1n) is 6.67. The normalized spacial score (nSPS) is 11.6. The van der Waals surface area contributed by atoms with Crippen molar-refractivity contribution in [2.75, 3.05) is 10.7 Å². The van der Waals surface area contributed by atoms with E-state index in [0.29, 0.717) is 16.2 Å². The second-order valence-corrected chi connectivity index (χ2v) is 7.10. The molecule has 0 saturated heterocycles. The summed E-state index contributed by atoms with van der Waals surface area (Å²) in [4.78, 5) is 12.5. The molecular weight excluding hydrogens is 462 g/mol. The minimum atomic E-state index is -0.258. The van der Waals surface area contributed by atoms with Crippen LogP contribution >= 0.6 is 47.8 Å². The summed E-state index contributed by atoms with van der Waals surface area (Å²) in [5.41, 5.74) is 0.427. The molecule has 112 valence electrons. The molecule has 0 radical (unpaired) electrons. The molecule has 0 aliphatic rings. The van der Waals surface area contributed by atoms with Crippen LogP contribution in [0.3, 0.4) is 0 Å². The van der Waals surface area contributed by atoms with Crippen LogP contribution in [0.25, 0.3) is 10.8 Å². The monoisotopic (exact) mass is 475 g/mol. The average Bonchev–Trinajstić information content (AvgIpc) is 2.52. The Labute approximate surface area is 150 Å². The topological polar surface area (TPSA) is 29.1 Å². The summed E-state index contributed by atoms with van der Waals surface area (Å²) in [6.07, 6.45) is 0.857. The van der Waals surface area contributed by atoms with Crippen molar-refractivity contribution in [1.29, 1.82) is 0 Å². The van der Waals surface area contributed by atoms with Crippen molar-refractivity contribution in [3.05, 3.63) is 46.4 Å². The lowest BCUT2D eigenvalue weighted by atomic mass is 10.0. The number of alkyl halides is 2. The van der Waals surface area contributed by atoms with Crippen LogP contribution in [0.5, 0.6) is 0 Å². The Morgan fingerprint density at radius 2 is 1.71 bits per heavy atom. The zero-order valence-electron chi connectivity index (χ0n) is 11.6. The molecule has 2 aromatic carbocycles. The van der Waals surface area contributed by atoms with Crippen molar-refractivity contribution >= 4 is 64.5 Å². The van der Waals surface area contributed by atoms with Gasteiger partial charge in [0, 0.05) is 20.7 Å². The molecule has 0 unspecified atom stereocenters. The Balaban J connectivity index is 2.29. The second-order valence-electron chi connectivity index (χ2n) is 5.06. The van der Waals surface area contributed by atoms with E-state index in [9.17, 15) is 4.79 Å². The van der Waals surface area contributed by atoms with Crippen molar-refractivity contribution in [3.63, 3.8) is 0 Å². The molecule has 0 heterocycles. The highest BCUT2D eigenvalue weighted by atomic mass is 79.9. The van der Waals surface area contributed by atoms with E-state index in [4.69, 9.17) is 0 Å². The minimum absolute atomic E-state index is 0.0411. The van der Waals surface area contributed by atoms with E-state index in [1.807, 2.05) is 36.4 Å². The number of halogens is 3.